The fourth-order valence-corrected chi connectivity index (χ4v) is 3.22. The summed E-state index contributed by atoms with van der Waals surface area (Å²) >= 11 is 0. The van der Waals surface area contributed by atoms with Gasteiger partial charge in [0.05, 0.1) is 0 Å². The van der Waals surface area contributed by atoms with E-state index in [1.807, 2.05) is 24.3 Å². The lowest BCUT2D eigenvalue weighted by molar-refractivity contribution is -0.118. The SMILES string of the molecule is CC(C)(C)c1ccccc1NC(=O)COc1ccc2c(c1)CCC2. The molecule has 0 bridgehead atoms. The first kappa shape index (κ1) is 16.6. The van der Waals surface area contributed by atoms with E-state index in [0.717, 1.165) is 29.8 Å². The lowest BCUT2D eigenvalue weighted by Gasteiger charge is -2.23. The maximum absolute atomic E-state index is 12.3. The summed E-state index contributed by atoms with van der Waals surface area (Å²) in [5.41, 5.74) is 4.71. The van der Waals surface area contributed by atoms with E-state index in [-0.39, 0.29) is 17.9 Å². The van der Waals surface area contributed by atoms with Crippen LogP contribution in [0.4, 0.5) is 5.69 Å². The lowest BCUT2D eigenvalue weighted by Crippen LogP contribution is -2.23. The molecule has 1 amide bonds. The van der Waals surface area contributed by atoms with E-state index in [9.17, 15) is 4.79 Å². The van der Waals surface area contributed by atoms with Crippen LogP contribution in [0.2, 0.25) is 0 Å². The number of rotatable bonds is 4. The summed E-state index contributed by atoms with van der Waals surface area (Å²) in [5, 5.41) is 2.98. The molecule has 126 valence electrons. The molecule has 3 rings (SSSR count). The van der Waals surface area contributed by atoms with E-state index in [4.69, 9.17) is 4.74 Å². The van der Waals surface area contributed by atoms with Crippen molar-refractivity contribution in [1.82, 2.24) is 0 Å². The van der Waals surface area contributed by atoms with Crippen LogP contribution in [0, 0.1) is 0 Å². The van der Waals surface area contributed by atoms with E-state index in [1.165, 1.54) is 17.5 Å². The fraction of sp³-hybridized carbons (Fsp3) is 0.381. The van der Waals surface area contributed by atoms with Crippen molar-refractivity contribution in [3.8, 4) is 5.75 Å². The Balaban J connectivity index is 1.63. The number of carbonyl (C=O) groups excluding carboxylic acids is 1. The first-order valence-electron chi connectivity index (χ1n) is 8.57. The third kappa shape index (κ3) is 3.78. The first-order valence-corrected chi connectivity index (χ1v) is 8.57. The number of hydrogen-bond acceptors (Lipinski definition) is 2. The molecule has 0 saturated carbocycles. The molecular formula is C21H25NO2. The Labute approximate surface area is 144 Å². The lowest BCUT2D eigenvalue weighted by atomic mass is 9.86. The third-order valence-electron chi connectivity index (χ3n) is 4.45. The fourth-order valence-electron chi connectivity index (χ4n) is 3.22. The summed E-state index contributed by atoms with van der Waals surface area (Å²) in [6.45, 7) is 6.44. The molecule has 0 aliphatic heterocycles. The second-order valence-electron chi connectivity index (χ2n) is 7.42. The Morgan fingerprint density at radius 1 is 1.08 bits per heavy atom. The van der Waals surface area contributed by atoms with Crippen molar-refractivity contribution in [2.45, 2.75) is 45.4 Å². The van der Waals surface area contributed by atoms with Gasteiger partial charge in [0.1, 0.15) is 5.75 Å². The highest BCUT2D eigenvalue weighted by Crippen LogP contribution is 2.29. The molecule has 0 aromatic heterocycles. The van der Waals surface area contributed by atoms with E-state index >= 15 is 0 Å². The van der Waals surface area contributed by atoms with E-state index < -0.39 is 0 Å². The third-order valence-corrected chi connectivity index (χ3v) is 4.45. The van der Waals surface area contributed by atoms with Gasteiger partial charge in [0.2, 0.25) is 0 Å². The molecule has 3 nitrogen and oxygen atoms in total. The minimum absolute atomic E-state index is 0.0231. The van der Waals surface area contributed by atoms with Crippen LogP contribution in [0.1, 0.15) is 43.9 Å². The van der Waals surface area contributed by atoms with Crippen LogP contribution < -0.4 is 10.1 Å². The number of nitrogens with one attached hydrogen (secondary N) is 1. The van der Waals surface area contributed by atoms with Gasteiger partial charge in [-0.3, -0.25) is 4.79 Å². The Kier molecular flexibility index (Phi) is 4.61. The molecule has 0 atom stereocenters. The summed E-state index contributed by atoms with van der Waals surface area (Å²) in [6, 6.07) is 14.1. The maximum Gasteiger partial charge on any atom is 0.262 e. The number of anilines is 1. The van der Waals surface area contributed by atoms with Gasteiger partial charge in [-0.15, -0.1) is 0 Å². The molecule has 0 fully saturated rings. The van der Waals surface area contributed by atoms with Crippen LogP contribution in [-0.2, 0) is 23.1 Å². The van der Waals surface area contributed by atoms with Gasteiger partial charge in [0.15, 0.2) is 6.61 Å². The summed E-state index contributed by atoms with van der Waals surface area (Å²) < 4.78 is 5.68. The smallest absolute Gasteiger partial charge is 0.262 e. The van der Waals surface area contributed by atoms with E-state index in [0.29, 0.717) is 0 Å². The Morgan fingerprint density at radius 3 is 2.62 bits per heavy atom. The zero-order valence-corrected chi connectivity index (χ0v) is 14.7. The topological polar surface area (TPSA) is 38.3 Å². The van der Waals surface area contributed by atoms with Gasteiger partial charge >= 0.3 is 0 Å². The standard InChI is InChI=1S/C21H25NO2/c1-21(2,3)18-9-4-5-10-19(18)22-20(23)14-24-17-12-11-15-7-6-8-16(15)13-17/h4-5,9-13H,6-8,14H2,1-3H3,(H,22,23). The molecule has 1 N–H and O–H groups in total. The highest BCUT2D eigenvalue weighted by atomic mass is 16.5. The van der Waals surface area contributed by atoms with Crippen molar-refractivity contribution >= 4 is 11.6 Å². The maximum atomic E-state index is 12.3. The van der Waals surface area contributed by atoms with E-state index in [2.05, 4.69) is 44.3 Å². The number of ether oxygens (including phenoxy) is 1. The average Bonchev–Trinajstić information content (AvgIpc) is 3.00. The Morgan fingerprint density at radius 2 is 1.83 bits per heavy atom. The van der Waals surface area contributed by atoms with E-state index in [1.54, 1.807) is 0 Å². The van der Waals surface area contributed by atoms with Crippen molar-refractivity contribution in [2.24, 2.45) is 0 Å². The average molecular weight is 323 g/mol. The number of amides is 1. The predicted molar refractivity (Wildman–Crippen MR) is 97.7 cm³/mol. The van der Waals surface area contributed by atoms with Gasteiger partial charge in [0.25, 0.3) is 5.91 Å². The minimum atomic E-state index is -0.132. The second kappa shape index (κ2) is 6.68. The zero-order chi connectivity index (χ0) is 17.2. The largest absolute Gasteiger partial charge is 0.484 e. The van der Waals surface area contributed by atoms with Gasteiger partial charge < -0.3 is 10.1 Å². The predicted octanol–water partition coefficient (Wildman–Crippen LogP) is 4.49. The highest BCUT2D eigenvalue weighted by molar-refractivity contribution is 5.92. The molecule has 1 aliphatic rings. The summed E-state index contributed by atoms with van der Waals surface area (Å²) in [4.78, 5) is 12.3. The monoisotopic (exact) mass is 323 g/mol. The van der Waals surface area contributed by atoms with Crippen LogP contribution in [0.25, 0.3) is 0 Å². The van der Waals surface area contributed by atoms with Gasteiger partial charge in [-0.05, 0) is 59.6 Å². The molecular weight excluding hydrogens is 298 g/mol. The quantitative estimate of drug-likeness (QED) is 0.900. The van der Waals surface area contributed by atoms with Crippen molar-refractivity contribution < 1.29 is 9.53 Å². The molecule has 3 heteroatoms. The number of hydrogen-bond donors (Lipinski definition) is 1. The minimum Gasteiger partial charge on any atom is -0.484 e. The molecule has 24 heavy (non-hydrogen) atoms. The van der Waals surface area contributed by atoms with Crippen molar-refractivity contribution in [3.63, 3.8) is 0 Å². The summed E-state index contributed by atoms with van der Waals surface area (Å²) in [7, 11) is 0. The van der Waals surface area contributed by atoms with Crippen molar-refractivity contribution in [3.05, 3.63) is 59.2 Å². The van der Waals surface area contributed by atoms with Crippen LogP contribution in [0.15, 0.2) is 42.5 Å². The van der Waals surface area contributed by atoms with Gasteiger partial charge in [-0.1, -0.05) is 45.0 Å². The van der Waals surface area contributed by atoms with Gasteiger partial charge in [-0.2, -0.15) is 0 Å². The molecule has 2 aromatic carbocycles. The molecule has 0 heterocycles. The zero-order valence-electron chi connectivity index (χ0n) is 14.7. The number of para-hydroxylation sites is 1. The molecule has 1 aliphatic carbocycles. The number of carbonyl (C=O) groups is 1. The molecule has 0 unspecified atom stereocenters. The number of fused-ring (bicyclic) bond motifs is 1. The van der Waals surface area contributed by atoms with Crippen LogP contribution in [0.3, 0.4) is 0 Å². The van der Waals surface area contributed by atoms with Crippen molar-refractivity contribution in [2.75, 3.05) is 11.9 Å². The van der Waals surface area contributed by atoms with Gasteiger partial charge in [0, 0.05) is 5.69 Å². The van der Waals surface area contributed by atoms with Crippen molar-refractivity contribution in [1.29, 1.82) is 0 Å². The van der Waals surface area contributed by atoms with Crippen LogP contribution >= 0.6 is 0 Å². The highest BCUT2D eigenvalue weighted by Gasteiger charge is 2.18. The Bertz CT molecular complexity index is 744. The molecule has 0 spiro atoms. The summed E-state index contributed by atoms with van der Waals surface area (Å²) in [5.74, 6) is 0.641. The second-order valence-corrected chi connectivity index (χ2v) is 7.42. The molecule has 0 radical (unpaired) electrons. The summed E-state index contributed by atoms with van der Waals surface area (Å²) in [6.07, 6.45) is 3.47. The Hall–Kier alpha value is -2.29. The van der Waals surface area contributed by atoms with Crippen LogP contribution in [-0.4, -0.2) is 12.5 Å². The normalized spacial score (nSPS) is 13.5. The number of aryl methyl sites for hydroxylation is 2. The van der Waals surface area contributed by atoms with Crippen LogP contribution in [0.5, 0.6) is 5.75 Å². The number of benzene rings is 2. The van der Waals surface area contributed by atoms with Gasteiger partial charge in [-0.25, -0.2) is 0 Å². The molecule has 2 aromatic rings. The molecule has 0 saturated heterocycles. The first-order chi connectivity index (χ1) is 11.4.